The van der Waals surface area contributed by atoms with E-state index in [9.17, 15) is 13.2 Å². The number of hydrogen-bond acceptors (Lipinski definition) is 7. The van der Waals surface area contributed by atoms with Crippen LogP contribution in [0.5, 0.6) is 0 Å². The van der Waals surface area contributed by atoms with E-state index in [1.807, 2.05) is 6.07 Å². The standard InChI is InChI=1S/C25H27N9O3S/c1-33-23(30-31-32-33)13-14-34(16-17-5-4-6-19(15-17)24(26)27)25(35)29-20-11-9-18(10-12-20)21-7-2-3-8-22(21)38(28,36)37/h2-12,15H,13-14,16H2,1H3,(H3,26,27)(H,29,35)(H2,28,36,37). The molecule has 0 fully saturated rings. The number of aryl methyl sites for hydroxylation is 1. The van der Waals surface area contributed by atoms with Crippen molar-refractivity contribution >= 4 is 27.6 Å². The normalized spacial score (nSPS) is 11.2. The first-order valence-electron chi connectivity index (χ1n) is 11.5. The highest BCUT2D eigenvalue weighted by molar-refractivity contribution is 7.89. The smallest absolute Gasteiger partial charge is 0.322 e. The second-order valence-corrected chi connectivity index (χ2v) is 10.1. The Hall–Kier alpha value is -4.62. The molecule has 0 atom stereocenters. The Morgan fingerprint density at radius 3 is 2.47 bits per heavy atom. The minimum Gasteiger partial charge on any atom is -0.384 e. The fourth-order valence-corrected chi connectivity index (χ4v) is 4.65. The largest absolute Gasteiger partial charge is 0.384 e. The minimum atomic E-state index is -3.90. The van der Waals surface area contributed by atoms with Crippen LogP contribution in [0.25, 0.3) is 11.1 Å². The number of amidine groups is 1. The number of aromatic nitrogens is 4. The summed E-state index contributed by atoms with van der Waals surface area (Å²) < 4.78 is 25.5. The molecule has 13 heteroatoms. The number of urea groups is 1. The number of carbonyl (C=O) groups excluding carboxylic acids is 1. The first-order valence-corrected chi connectivity index (χ1v) is 13.1. The number of amides is 2. The Labute approximate surface area is 219 Å². The lowest BCUT2D eigenvalue weighted by molar-refractivity contribution is 0.209. The van der Waals surface area contributed by atoms with Crippen molar-refractivity contribution in [3.63, 3.8) is 0 Å². The van der Waals surface area contributed by atoms with Gasteiger partial charge in [0.25, 0.3) is 0 Å². The summed E-state index contributed by atoms with van der Waals surface area (Å²) in [5.41, 5.74) is 8.63. The van der Waals surface area contributed by atoms with Crippen LogP contribution in [0.1, 0.15) is 17.0 Å². The number of tetrazole rings is 1. The van der Waals surface area contributed by atoms with Crippen LogP contribution >= 0.6 is 0 Å². The van der Waals surface area contributed by atoms with Crippen LogP contribution in [0.2, 0.25) is 0 Å². The van der Waals surface area contributed by atoms with Gasteiger partial charge in [0.2, 0.25) is 10.0 Å². The van der Waals surface area contributed by atoms with Crippen LogP contribution < -0.4 is 16.2 Å². The van der Waals surface area contributed by atoms with Crippen molar-refractivity contribution in [2.75, 3.05) is 11.9 Å². The summed E-state index contributed by atoms with van der Waals surface area (Å²) in [6.07, 6.45) is 0.423. The monoisotopic (exact) mass is 533 g/mol. The number of nitrogens with one attached hydrogen (secondary N) is 2. The molecular formula is C25H27N9O3S. The Kier molecular flexibility index (Phi) is 7.79. The molecule has 0 saturated carbocycles. The summed E-state index contributed by atoms with van der Waals surface area (Å²) in [5.74, 6) is 0.565. The van der Waals surface area contributed by atoms with E-state index in [0.29, 0.717) is 41.2 Å². The summed E-state index contributed by atoms with van der Waals surface area (Å²) in [6, 6.07) is 20.0. The lowest BCUT2D eigenvalue weighted by Crippen LogP contribution is -2.36. The van der Waals surface area contributed by atoms with Gasteiger partial charge >= 0.3 is 6.03 Å². The van der Waals surface area contributed by atoms with Crippen molar-refractivity contribution in [3.05, 3.63) is 89.7 Å². The molecular weight excluding hydrogens is 506 g/mol. The number of nitrogen functional groups attached to an aromatic ring is 1. The van der Waals surface area contributed by atoms with Crippen LogP contribution in [0, 0.1) is 5.41 Å². The molecule has 0 bridgehead atoms. The zero-order valence-electron chi connectivity index (χ0n) is 20.6. The number of hydrogen-bond donors (Lipinski definition) is 4. The number of anilines is 1. The van der Waals surface area contributed by atoms with E-state index in [4.69, 9.17) is 16.3 Å². The maximum Gasteiger partial charge on any atom is 0.322 e. The molecule has 6 N–H and O–H groups in total. The third kappa shape index (κ3) is 6.38. The van der Waals surface area contributed by atoms with Crippen molar-refractivity contribution in [2.24, 2.45) is 17.9 Å². The molecule has 0 aliphatic carbocycles. The molecule has 12 nitrogen and oxygen atoms in total. The molecule has 2 amide bonds. The first-order chi connectivity index (χ1) is 18.1. The van der Waals surface area contributed by atoms with Gasteiger partial charge in [0.05, 0.1) is 4.90 Å². The molecule has 0 radical (unpaired) electrons. The number of nitrogens with two attached hydrogens (primary N) is 2. The topological polar surface area (TPSA) is 186 Å². The highest BCUT2D eigenvalue weighted by Crippen LogP contribution is 2.27. The second kappa shape index (κ2) is 11.2. The van der Waals surface area contributed by atoms with Gasteiger partial charge in [-0.25, -0.2) is 23.0 Å². The Balaban J connectivity index is 1.54. The molecule has 38 heavy (non-hydrogen) atoms. The van der Waals surface area contributed by atoms with Crippen molar-refractivity contribution in [1.29, 1.82) is 5.41 Å². The number of benzene rings is 3. The molecule has 1 heterocycles. The summed E-state index contributed by atoms with van der Waals surface area (Å²) in [7, 11) is -2.17. The predicted octanol–water partition coefficient (Wildman–Crippen LogP) is 2.09. The van der Waals surface area contributed by atoms with Gasteiger partial charge in [-0.05, 0) is 45.8 Å². The Morgan fingerprint density at radius 1 is 1.08 bits per heavy atom. The van der Waals surface area contributed by atoms with Crippen LogP contribution in [0.15, 0.2) is 77.7 Å². The van der Waals surface area contributed by atoms with Crippen molar-refractivity contribution in [3.8, 4) is 11.1 Å². The molecule has 0 aliphatic heterocycles. The van der Waals surface area contributed by atoms with E-state index in [2.05, 4.69) is 20.8 Å². The predicted molar refractivity (Wildman–Crippen MR) is 143 cm³/mol. The number of carbonyl (C=O) groups is 1. The van der Waals surface area contributed by atoms with Gasteiger partial charge in [-0.15, -0.1) is 5.10 Å². The van der Waals surface area contributed by atoms with Crippen LogP contribution in [0.3, 0.4) is 0 Å². The van der Waals surface area contributed by atoms with Crippen molar-refractivity contribution in [2.45, 2.75) is 17.9 Å². The van der Waals surface area contributed by atoms with Crippen LogP contribution in [0.4, 0.5) is 10.5 Å². The van der Waals surface area contributed by atoms with Crippen molar-refractivity contribution in [1.82, 2.24) is 25.1 Å². The number of primary sulfonamides is 1. The molecule has 4 aromatic rings. The molecule has 3 aromatic carbocycles. The minimum absolute atomic E-state index is 0.0222. The van der Waals surface area contributed by atoms with Crippen molar-refractivity contribution < 1.29 is 13.2 Å². The third-order valence-corrected chi connectivity index (χ3v) is 6.82. The lowest BCUT2D eigenvalue weighted by atomic mass is 10.1. The zero-order valence-corrected chi connectivity index (χ0v) is 21.4. The van der Waals surface area contributed by atoms with Gasteiger partial charge in [0.1, 0.15) is 5.84 Å². The van der Waals surface area contributed by atoms with E-state index in [-0.39, 0.29) is 23.3 Å². The van der Waals surface area contributed by atoms with Gasteiger partial charge in [0.15, 0.2) is 5.82 Å². The number of sulfonamides is 1. The lowest BCUT2D eigenvalue weighted by Gasteiger charge is -2.23. The summed E-state index contributed by atoms with van der Waals surface area (Å²) in [6.45, 7) is 0.586. The molecule has 196 valence electrons. The number of rotatable bonds is 9. The van der Waals surface area contributed by atoms with E-state index in [1.165, 1.54) is 6.07 Å². The average Bonchev–Trinajstić information content (AvgIpc) is 3.31. The average molecular weight is 534 g/mol. The van der Waals surface area contributed by atoms with Gasteiger partial charge < -0.3 is 16.0 Å². The van der Waals surface area contributed by atoms with E-state index in [0.717, 1.165) is 5.56 Å². The van der Waals surface area contributed by atoms with Gasteiger partial charge in [-0.1, -0.05) is 48.5 Å². The fourth-order valence-electron chi connectivity index (χ4n) is 3.89. The summed E-state index contributed by atoms with van der Waals surface area (Å²) in [5, 5.41) is 27.4. The van der Waals surface area contributed by atoms with Crippen LogP contribution in [-0.2, 0) is 30.0 Å². The van der Waals surface area contributed by atoms with Crippen LogP contribution in [-0.4, -0.2) is 51.9 Å². The van der Waals surface area contributed by atoms with E-state index in [1.54, 1.807) is 77.3 Å². The molecule has 0 unspecified atom stereocenters. The number of nitrogens with zero attached hydrogens (tertiary/aromatic N) is 5. The zero-order chi connectivity index (χ0) is 27.3. The molecule has 0 saturated heterocycles. The quantitative estimate of drug-likeness (QED) is 0.187. The van der Waals surface area contributed by atoms with Gasteiger partial charge in [-0.2, -0.15) is 0 Å². The Bertz CT molecular complexity index is 1570. The third-order valence-electron chi connectivity index (χ3n) is 5.85. The first kappa shape index (κ1) is 26.4. The second-order valence-electron chi connectivity index (χ2n) is 8.55. The maximum absolute atomic E-state index is 13.3. The molecule has 1 aromatic heterocycles. The SMILES string of the molecule is Cn1nnnc1CCN(Cc1cccc(C(=N)N)c1)C(=O)Nc1ccc(-c2ccccc2S(N)(=O)=O)cc1. The van der Waals surface area contributed by atoms with Gasteiger partial charge in [0, 0.05) is 43.4 Å². The summed E-state index contributed by atoms with van der Waals surface area (Å²) in [4.78, 5) is 14.9. The highest BCUT2D eigenvalue weighted by atomic mass is 32.2. The maximum atomic E-state index is 13.3. The highest BCUT2D eigenvalue weighted by Gasteiger charge is 2.18. The Morgan fingerprint density at radius 2 is 1.82 bits per heavy atom. The van der Waals surface area contributed by atoms with Gasteiger partial charge in [-0.3, -0.25) is 5.41 Å². The van der Waals surface area contributed by atoms with E-state index < -0.39 is 10.0 Å². The summed E-state index contributed by atoms with van der Waals surface area (Å²) >= 11 is 0. The molecule has 4 rings (SSSR count). The fraction of sp³-hybridized carbons (Fsp3) is 0.160. The van der Waals surface area contributed by atoms with E-state index >= 15 is 0 Å². The molecule has 0 spiro atoms. The molecule has 0 aliphatic rings.